The Kier molecular flexibility index (Phi) is 3.76. The molecule has 0 saturated carbocycles. The smallest absolute Gasteiger partial charge is 0.271 e. The Bertz CT molecular complexity index is 1090. The van der Waals surface area contributed by atoms with Crippen LogP contribution in [0, 0.1) is 0 Å². The third-order valence-electron chi connectivity index (χ3n) is 3.93. The van der Waals surface area contributed by atoms with Crippen LogP contribution in [0.15, 0.2) is 27.8 Å². The number of fused-ring (bicyclic) bond motifs is 1. The first-order chi connectivity index (χ1) is 11.8. The fourth-order valence-corrected chi connectivity index (χ4v) is 2.68. The summed E-state index contributed by atoms with van der Waals surface area (Å²) >= 11 is 0. The normalized spacial score (nSPS) is 11.0. The van der Waals surface area contributed by atoms with Gasteiger partial charge in [0.05, 0.1) is 0 Å². The number of aromatic nitrogens is 1. The molecule has 128 valence electrons. The number of carbonyl (C=O) groups excluding carboxylic acids is 2. The van der Waals surface area contributed by atoms with Gasteiger partial charge >= 0.3 is 0 Å². The Morgan fingerprint density at radius 3 is 2.48 bits per heavy atom. The van der Waals surface area contributed by atoms with Crippen molar-refractivity contribution in [3.8, 4) is 5.75 Å². The minimum atomic E-state index is -0.941. The number of aromatic amines is 1. The number of amides is 2. The van der Waals surface area contributed by atoms with Crippen LogP contribution < -0.4 is 27.6 Å². The van der Waals surface area contributed by atoms with Gasteiger partial charge in [-0.2, -0.15) is 0 Å². The second kappa shape index (κ2) is 5.78. The Labute approximate surface area is 139 Å². The number of rotatable bonds is 6. The monoisotopic (exact) mass is 342 g/mol. The average Bonchev–Trinajstić information content (AvgIpc) is 2.95. The summed E-state index contributed by atoms with van der Waals surface area (Å²) in [7, 11) is 0. The molecule has 0 fully saturated rings. The van der Waals surface area contributed by atoms with E-state index in [9.17, 15) is 24.3 Å². The first-order valence-corrected chi connectivity index (χ1v) is 7.31. The van der Waals surface area contributed by atoms with Crippen molar-refractivity contribution in [2.45, 2.75) is 12.8 Å². The maximum Gasteiger partial charge on any atom is 0.271 e. The van der Waals surface area contributed by atoms with Gasteiger partial charge in [-0.25, -0.2) is 0 Å². The molecular weight excluding hydrogens is 328 g/mol. The number of H-pyrrole nitrogens is 1. The van der Waals surface area contributed by atoms with Gasteiger partial charge in [-0.15, -0.1) is 0 Å². The quantitative estimate of drug-likeness (QED) is 0.386. The number of hydrogen-bond acceptors (Lipinski definition) is 6. The van der Waals surface area contributed by atoms with E-state index in [-0.39, 0.29) is 24.2 Å². The van der Waals surface area contributed by atoms with Gasteiger partial charge in [-0.3, -0.25) is 19.2 Å². The molecule has 25 heavy (non-hydrogen) atoms. The predicted octanol–water partition coefficient (Wildman–Crippen LogP) is -0.270. The van der Waals surface area contributed by atoms with Crippen molar-refractivity contribution in [2.24, 2.45) is 11.5 Å². The van der Waals surface area contributed by atoms with Gasteiger partial charge in [-0.1, -0.05) is 0 Å². The molecule has 0 saturated heterocycles. The molecule has 0 unspecified atom stereocenters. The summed E-state index contributed by atoms with van der Waals surface area (Å²) < 4.78 is 0. The van der Waals surface area contributed by atoms with Crippen LogP contribution >= 0.6 is 0 Å². The highest BCUT2D eigenvalue weighted by Crippen LogP contribution is 2.29. The molecule has 3 rings (SSSR count). The Balaban J connectivity index is 2.04. The summed E-state index contributed by atoms with van der Waals surface area (Å²) in [5, 5.41) is 12.7. The first-order valence-electron chi connectivity index (χ1n) is 7.31. The molecule has 0 aliphatic rings. The lowest BCUT2D eigenvalue weighted by atomic mass is 10.0. The summed E-state index contributed by atoms with van der Waals surface area (Å²) in [6.07, 6.45) is 0.242. The maximum atomic E-state index is 11.6. The van der Waals surface area contributed by atoms with Gasteiger partial charge in [0, 0.05) is 23.0 Å². The van der Waals surface area contributed by atoms with Gasteiger partial charge < -0.3 is 26.9 Å². The van der Waals surface area contributed by atoms with E-state index in [2.05, 4.69) is 10.3 Å². The van der Waals surface area contributed by atoms with E-state index in [0.717, 1.165) is 0 Å². The number of anilines is 2. The fraction of sp³-hybridized carbons (Fsp3) is 0.125. The molecule has 0 radical (unpaired) electrons. The van der Waals surface area contributed by atoms with Gasteiger partial charge in [0.2, 0.25) is 5.91 Å². The zero-order valence-electron chi connectivity index (χ0n) is 12.9. The van der Waals surface area contributed by atoms with Crippen LogP contribution in [0.4, 0.5) is 11.4 Å². The Hall–Kier alpha value is -3.62. The van der Waals surface area contributed by atoms with Gasteiger partial charge in [0.25, 0.3) is 16.8 Å². The molecule has 0 aliphatic carbocycles. The molecule has 0 spiro atoms. The van der Waals surface area contributed by atoms with E-state index in [1.807, 2.05) is 0 Å². The molecule has 9 heteroatoms. The number of hydrogen-bond donors (Lipinski definition) is 5. The van der Waals surface area contributed by atoms with E-state index >= 15 is 0 Å². The molecule has 1 heterocycles. The van der Waals surface area contributed by atoms with E-state index in [4.69, 9.17) is 11.5 Å². The molecule has 7 N–H and O–H groups in total. The van der Waals surface area contributed by atoms with Crippen LogP contribution in [-0.4, -0.2) is 21.9 Å². The lowest BCUT2D eigenvalue weighted by molar-refractivity contribution is -0.117. The number of nitrogens with two attached hydrogens (primary N) is 2. The lowest BCUT2D eigenvalue weighted by Crippen LogP contribution is -2.32. The van der Waals surface area contributed by atoms with Crippen molar-refractivity contribution < 1.29 is 14.7 Å². The molecule has 2 amide bonds. The molecule has 1 aromatic heterocycles. The predicted molar refractivity (Wildman–Crippen MR) is 90.6 cm³/mol. The van der Waals surface area contributed by atoms with Crippen molar-refractivity contribution in [2.75, 3.05) is 5.32 Å². The molecule has 2 aromatic carbocycles. The number of carbonyl (C=O) groups is 2. The minimum absolute atomic E-state index is 0.0316. The summed E-state index contributed by atoms with van der Waals surface area (Å²) in [6.45, 7) is 0. The largest absolute Gasteiger partial charge is 0.502 e. The van der Waals surface area contributed by atoms with Crippen molar-refractivity contribution in [3.05, 3.63) is 49.9 Å². The molecule has 0 atom stereocenters. The minimum Gasteiger partial charge on any atom is -0.502 e. The molecular formula is C16H14N4O5. The topological polar surface area (TPSA) is 168 Å². The van der Waals surface area contributed by atoms with Crippen molar-refractivity contribution >= 4 is 34.1 Å². The zero-order valence-corrected chi connectivity index (χ0v) is 12.9. The van der Waals surface area contributed by atoms with E-state index < -0.39 is 28.4 Å². The first kappa shape index (κ1) is 16.2. The van der Waals surface area contributed by atoms with E-state index in [0.29, 0.717) is 22.2 Å². The third-order valence-corrected chi connectivity index (χ3v) is 3.93. The second-order valence-electron chi connectivity index (χ2n) is 5.58. The molecule has 0 aliphatic heterocycles. The number of benzene rings is 1. The number of nitrogens with one attached hydrogen (secondary N) is 2. The summed E-state index contributed by atoms with van der Waals surface area (Å²) in [5.74, 6) is -1.82. The second-order valence-corrected chi connectivity index (χ2v) is 5.58. The van der Waals surface area contributed by atoms with Crippen LogP contribution in [0.2, 0.25) is 0 Å². The Morgan fingerprint density at radius 2 is 1.88 bits per heavy atom. The van der Waals surface area contributed by atoms with Crippen LogP contribution in [0.1, 0.15) is 22.5 Å². The van der Waals surface area contributed by atoms with Gasteiger partial charge in [-0.05, 0) is 30.2 Å². The van der Waals surface area contributed by atoms with Gasteiger partial charge in [0.15, 0.2) is 5.75 Å². The summed E-state index contributed by atoms with van der Waals surface area (Å²) in [4.78, 5) is 48.0. The summed E-state index contributed by atoms with van der Waals surface area (Å²) in [6, 6.07) is 4.85. The van der Waals surface area contributed by atoms with Crippen LogP contribution in [0.5, 0.6) is 5.75 Å². The van der Waals surface area contributed by atoms with Crippen LogP contribution in [-0.2, 0) is 11.2 Å². The lowest BCUT2D eigenvalue weighted by Gasteiger charge is -2.09. The fourth-order valence-electron chi connectivity index (χ4n) is 2.68. The van der Waals surface area contributed by atoms with Crippen molar-refractivity contribution in [1.29, 1.82) is 0 Å². The van der Waals surface area contributed by atoms with E-state index in [1.54, 1.807) is 18.2 Å². The Morgan fingerprint density at radius 1 is 1.16 bits per heavy atom. The molecule has 0 bridgehead atoms. The highest BCUT2D eigenvalue weighted by Gasteiger charge is 2.21. The van der Waals surface area contributed by atoms with Gasteiger partial charge in [0.1, 0.15) is 11.4 Å². The van der Waals surface area contributed by atoms with E-state index in [1.165, 1.54) is 0 Å². The number of primary amides is 2. The highest BCUT2D eigenvalue weighted by molar-refractivity contribution is 6.01. The molecule has 3 aromatic rings. The highest BCUT2D eigenvalue weighted by atomic mass is 16.3. The number of aryl methyl sites for hydroxylation is 1. The van der Waals surface area contributed by atoms with Crippen LogP contribution in [0.3, 0.4) is 0 Å². The van der Waals surface area contributed by atoms with Crippen molar-refractivity contribution in [3.63, 3.8) is 0 Å². The average molecular weight is 342 g/mol. The molecule has 9 nitrogen and oxygen atoms in total. The maximum absolute atomic E-state index is 11.6. The standard InChI is InChI=1S/C16H14N4O5/c17-10(21)4-2-7-8-5-6(19-12-13(22)15(24)14(12)23)1-3-9(8)20-11(7)16(18)25/h1,3,5,19-20,22H,2,4H2,(H2,17,21)(H2,18,25). The third kappa shape index (κ3) is 2.71. The SMILES string of the molecule is NC(=O)CCc1c(C(N)=O)[nH]c2ccc(Nc3c(O)c(=O)c3=O)cc12. The van der Waals surface area contributed by atoms with Crippen molar-refractivity contribution in [1.82, 2.24) is 4.98 Å². The summed E-state index contributed by atoms with van der Waals surface area (Å²) in [5.41, 5.74) is 10.3. The number of aromatic hydroxyl groups is 1. The zero-order chi connectivity index (χ0) is 18.3. The van der Waals surface area contributed by atoms with Crippen LogP contribution in [0.25, 0.3) is 10.9 Å².